The third-order valence-electron chi connectivity index (χ3n) is 8.62. The number of rotatable bonds is 7. The van der Waals surface area contributed by atoms with E-state index in [1.54, 1.807) is 49.9 Å². The molecule has 6 rings (SSSR count). The van der Waals surface area contributed by atoms with Gasteiger partial charge in [0.05, 0.1) is 10.4 Å². The molecule has 0 unspecified atom stereocenters. The molecule has 2 atom stereocenters. The molecule has 0 bridgehead atoms. The van der Waals surface area contributed by atoms with Gasteiger partial charge in [0.15, 0.2) is 5.82 Å². The van der Waals surface area contributed by atoms with Crippen LogP contribution in [0.3, 0.4) is 0 Å². The Hall–Kier alpha value is -4.34. The zero-order valence-electron chi connectivity index (χ0n) is 26.8. The lowest BCUT2D eigenvalue weighted by atomic mass is 10.0. The predicted octanol–water partition coefficient (Wildman–Crippen LogP) is 6.59. The summed E-state index contributed by atoms with van der Waals surface area (Å²) in [4.78, 5) is 36.1. The smallest absolute Gasteiger partial charge is 0.410 e. The van der Waals surface area contributed by atoms with Crippen molar-refractivity contribution in [2.45, 2.75) is 51.8 Å². The van der Waals surface area contributed by atoms with Crippen LogP contribution < -0.4 is 9.64 Å². The summed E-state index contributed by atoms with van der Waals surface area (Å²) in [5.41, 5.74) is -0.425. The number of pyridine rings is 1. The van der Waals surface area contributed by atoms with Crippen LogP contribution in [0.25, 0.3) is 37.8 Å². The fourth-order valence-electron chi connectivity index (χ4n) is 6.16. The molecule has 1 amide bonds. The van der Waals surface area contributed by atoms with Gasteiger partial charge >= 0.3 is 12.1 Å². The standard InChI is InChI=1S/C34H36ClF2N7O3/c1-6-42-13-12-21(42)19-46-32-40-30-24(17-39-29(28(30)37)23-9-7-8-20-10-11-25(36)27(35)26(20)23)31(41-32)43-14-15-44(22(18-43)16-38-5)33(45)47-34(2,3)4/h7-11,17,21-22H,6,12-16,18-19H2,1-4H3/t21-,22-/m0/s1. The van der Waals surface area contributed by atoms with Gasteiger partial charge in [0.25, 0.3) is 0 Å². The Labute approximate surface area is 277 Å². The van der Waals surface area contributed by atoms with Gasteiger partial charge in [-0.1, -0.05) is 42.8 Å². The molecule has 4 heterocycles. The summed E-state index contributed by atoms with van der Waals surface area (Å²) in [6.07, 6.45) is 1.97. The van der Waals surface area contributed by atoms with Gasteiger partial charge < -0.3 is 19.2 Å². The molecule has 0 aliphatic carbocycles. The van der Waals surface area contributed by atoms with Gasteiger partial charge in [-0.2, -0.15) is 9.97 Å². The average molecular weight is 664 g/mol. The van der Waals surface area contributed by atoms with Crippen molar-refractivity contribution in [2.75, 3.05) is 50.8 Å². The quantitative estimate of drug-likeness (QED) is 0.205. The second-order valence-electron chi connectivity index (χ2n) is 12.8. The normalized spacial score (nSPS) is 18.7. The number of likely N-dealkylation sites (N-methyl/N-ethyl adjacent to an activating group) is 1. The molecule has 47 heavy (non-hydrogen) atoms. The summed E-state index contributed by atoms with van der Waals surface area (Å²) < 4.78 is 42.9. The van der Waals surface area contributed by atoms with E-state index in [4.69, 9.17) is 32.6 Å². The van der Waals surface area contributed by atoms with E-state index in [9.17, 15) is 9.18 Å². The van der Waals surface area contributed by atoms with E-state index in [1.165, 1.54) is 12.3 Å². The number of likely N-dealkylation sites (tertiary alicyclic amines) is 1. The van der Waals surface area contributed by atoms with Crippen LogP contribution in [0, 0.1) is 18.2 Å². The van der Waals surface area contributed by atoms with Crippen LogP contribution in [0.2, 0.25) is 5.02 Å². The van der Waals surface area contributed by atoms with E-state index in [0.29, 0.717) is 40.7 Å². The maximum Gasteiger partial charge on any atom is 0.410 e. The van der Waals surface area contributed by atoms with Crippen molar-refractivity contribution in [1.29, 1.82) is 0 Å². The number of ether oxygens (including phenoxy) is 2. The van der Waals surface area contributed by atoms with E-state index < -0.39 is 29.4 Å². The molecule has 2 aromatic carbocycles. The number of carbonyl (C=O) groups excluding carboxylic acids is 1. The Kier molecular flexibility index (Phi) is 9.05. The highest BCUT2D eigenvalue weighted by Crippen LogP contribution is 2.38. The largest absolute Gasteiger partial charge is 0.462 e. The topological polar surface area (TPSA) is 88.3 Å². The van der Waals surface area contributed by atoms with Crippen molar-refractivity contribution in [2.24, 2.45) is 0 Å². The lowest BCUT2D eigenvalue weighted by Crippen LogP contribution is -2.57. The summed E-state index contributed by atoms with van der Waals surface area (Å²) in [5, 5.41) is 1.19. The van der Waals surface area contributed by atoms with E-state index in [1.807, 2.05) is 4.90 Å². The first-order valence-electron chi connectivity index (χ1n) is 15.7. The van der Waals surface area contributed by atoms with E-state index >= 15 is 4.39 Å². The maximum atomic E-state index is 16.7. The summed E-state index contributed by atoms with van der Waals surface area (Å²) in [6, 6.07) is 7.71. The molecule has 2 saturated heterocycles. The van der Waals surface area contributed by atoms with Crippen LogP contribution in [-0.4, -0.2) is 94.4 Å². The first kappa shape index (κ1) is 32.6. The highest BCUT2D eigenvalue weighted by atomic mass is 35.5. The van der Waals surface area contributed by atoms with Crippen LogP contribution in [0.15, 0.2) is 36.5 Å². The average Bonchev–Trinajstić information content (AvgIpc) is 3.02. The van der Waals surface area contributed by atoms with Crippen molar-refractivity contribution in [3.8, 4) is 17.3 Å². The van der Waals surface area contributed by atoms with Crippen molar-refractivity contribution in [3.05, 3.63) is 64.6 Å². The summed E-state index contributed by atoms with van der Waals surface area (Å²) in [6.45, 7) is 18.1. The van der Waals surface area contributed by atoms with Gasteiger partial charge in [0, 0.05) is 49.4 Å². The van der Waals surface area contributed by atoms with Crippen molar-refractivity contribution in [3.63, 3.8) is 0 Å². The Bertz CT molecular complexity index is 1880. The van der Waals surface area contributed by atoms with Gasteiger partial charge in [-0.15, -0.1) is 0 Å². The number of aromatic nitrogens is 3. The van der Waals surface area contributed by atoms with Crippen molar-refractivity contribution >= 4 is 45.2 Å². The molecule has 0 radical (unpaired) electrons. The number of hydrogen-bond acceptors (Lipinski definition) is 8. The third-order valence-corrected chi connectivity index (χ3v) is 8.99. The first-order chi connectivity index (χ1) is 22.5. The van der Waals surface area contributed by atoms with Crippen LogP contribution in [0.1, 0.15) is 34.1 Å². The first-order valence-corrected chi connectivity index (χ1v) is 16.0. The SMILES string of the molecule is [C-]#[N+]C[C@H]1CN(c2nc(OC[C@@H]3CCN3CC)nc3c(F)c(-c4cccc5ccc(F)c(Cl)c45)ncc23)CCN1C(=O)OC(C)(C)C. The van der Waals surface area contributed by atoms with Crippen LogP contribution in [0.4, 0.5) is 19.4 Å². The monoisotopic (exact) mass is 663 g/mol. The molecule has 2 aliphatic rings. The summed E-state index contributed by atoms with van der Waals surface area (Å²) >= 11 is 6.39. The molecule has 13 heteroatoms. The Morgan fingerprint density at radius 2 is 1.94 bits per heavy atom. The van der Waals surface area contributed by atoms with E-state index in [2.05, 4.69) is 26.6 Å². The molecular weight excluding hydrogens is 628 g/mol. The molecule has 0 spiro atoms. The fraction of sp³-hybridized carbons (Fsp3) is 0.441. The van der Waals surface area contributed by atoms with Gasteiger partial charge in [0.1, 0.15) is 41.1 Å². The minimum atomic E-state index is -0.729. The summed E-state index contributed by atoms with van der Waals surface area (Å²) in [5.74, 6) is -0.970. The van der Waals surface area contributed by atoms with Gasteiger partial charge in [-0.25, -0.2) is 20.1 Å². The van der Waals surface area contributed by atoms with Crippen molar-refractivity contribution in [1.82, 2.24) is 24.8 Å². The molecule has 4 aromatic rings. The van der Waals surface area contributed by atoms with Crippen LogP contribution >= 0.6 is 11.6 Å². The Morgan fingerprint density at radius 3 is 2.64 bits per heavy atom. The Morgan fingerprint density at radius 1 is 1.13 bits per heavy atom. The van der Waals surface area contributed by atoms with Crippen LogP contribution in [-0.2, 0) is 4.74 Å². The second-order valence-corrected chi connectivity index (χ2v) is 13.2. The number of fused-ring (bicyclic) bond motifs is 2. The number of nitrogens with zero attached hydrogens (tertiary/aromatic N) is 7. The van der Waals surface area contributed by atoms with Crippen molar-refractivity contribution < 1.29 is 23.0 Å². The highest BCUT2D eigenvalue weighted by Gasteiger charge is 2.37. The van der Waals surface area contributed by atoms with Gasteiger partial charge in [-0.3, -0.25) is 14.8 Å². The zero-order valence-corrected chi connectivity index (χ0v) is 27.5. The predicted molar refractivity (Wildman–Crippen MR) is 177 cm³/mol. The third kappa shape index (κ3) is 6.47. The van der Waals surface area contributed by atoms with E-state index in [-0.39, 0.29) is 47.9 Å². The molecule has 2 aromatic heterocycles. The molecule has 0 N–H and O–H groups in total. The molecule has 2 fully saturated rings. The second kappa shape index (κ2) is 13.0. The van der Waals surface area contributed by atoms with Gasteiger partial charge in [-0.05, 0) is 45.2 Å². The number of hydrogen-bond donors (Lipinski definition) is 0. The number of carbonyl (C=O) groups is 1. The lowest BCUT2D eigenvalue weighted by molar-refractivity contribution is 0.0155. The zero-order chi connectivity index (χ0) is 33.5. The van der Waals surface area contributed by atoms with E-state index in [0.717, 1.165) is 19.5 Å². The van der Waals surface area contributed by atoms with Gasteiger partial charge in [0.2, 0.25) is 6.54 Å². The number of anilines is 1. The maximum absolute atomic E-state index is 16.7. The minimum Gasteiger partial charge on any atom is -0.462 e. The van der Waals surface area contributed by atoms with Crippen LogP contribution in [0.5, 0.6) is 6.01 Å². The fourth-order valence-corrected chi connectivity index (χ4v) is 6.44. The number of benzene rings is 2. The highest BCUT2D eigenvalue weighted by molar-refractivity contribution is 6.36. The summed E-state index contributed by atoms with van der Waals surface area (Å²) in [7, 11) is 0. The molecular formula is C34H36ClF2N7O3. The number of amides is 1. The Balaban J connectivity index is 1.43. The molecule has 2 aliphatic heterocycles. The molecule has 10 nitrogen and oxygen atoms in total. The number of piperazine rings is 1. The minimum absolute atomic E-state index is 0.00444. The molecule has 0 saturated carbocycles. The lowest BCUT2D eigenvalue weighted by Gasteiger charge is -2.40. The number of halogens is 3. The molecule has 246 valence electrons.